The number of imidazole rings is 1. The standard InChI is InChI=1S/C23H18F2N6O2/c1-14-3-7-18-16(9-14)22-29-28-20(12-33-23(24)25)30(22)11-19-17(27-13-31(18)19)6-4-15-5-8-21(32-2)26-10-15/h3,5,7-10,13,23H,11-12H2,1-2H3. The number of rotatable bonds is 4. The highest BCUT2D eigenvalue weighted by molar-refractivity contribution is 5.70. The van der Waals surface area contributed by atoms with Gasteiger partial charge in [0.2, 0.25) is 5.88 Å². The lowest BCUT2D eigenvalue weighted by molar-refractivity contribution is -0.139. The van der Waals surface area contributed by atoms with Crippen molar-refractivity contribution in [2.45, 2.75) is 26.7 Å². The maximum absolute atomic E-state index is 12.7. The van der Waals surface area contributed by atoms with Gasteiger partial charge in [0.15, 0.2) is 11.6 Å². The fraction of sp³-hybridized carbons (Fsp3) is 0.217. The van der Waals surface area contributed by atoms with Gasteiger partial charge in [-0.1, -0.05) is 17.6 Å². The Morgan fingerprint density at radius 3 is 2.76 bits per heavy atom. The third-order valence-corrected chi connectivity index (χ3v) is 5.26. The van der Waals surface area contributed by atoms with E-state index < -0.39 is 6.61 Å². The number of pyridine rings is 1. The van der Waals surface area contributed by atoms with Crippen molar-refractivity contribution in [3.05, 3.63) is 71.2 Å². The third-order valence-electron chi connectivity index (χ3n) is 5.26. The zero-order valence-corrected chi connectivity index (χ0v) is 17.8. The fourth-order valence-electron chi connectivity index (χ4n) is 3.68. The van der Waals surface area contributed by atoms with Crippen LogP contribution in [0.3, 0.4) is 0 Å². The van der Waals surface area contributed by atoms with Gasteiger partial charge in [0.25, 0.3) is 0 Å². The van der Waals surface area contributed by atoms with E-state index in [1.54, 1.807) is 30.3 Å². The van der Waals surface area contributed by atoms with Crippen molar-refractivity contribution >= 4 is 0 Å². The first kappa shape index (κ1) is 20.8. The number of hydrogen-bond acceptors (Lipinski definition) is 6. The number of ether oxygens (including phenoxy) is 2. The molecule has 3 aromatic heterocycles. The number of halogens is 2. The van der Waals surface area contributed by atoms with Gasteiger partial charge in [-0.15, -0.1) is 10.2 Å². The van der Waals surface area contributed by atoms with Crippen LogP contribution in [0.2, 0.25) is 0 Å². The molecule has 1 aromatic carbocycles. The van der Waals surface area contributed by atoms with Crippen LogP contribution < -0.4 is 4.74 Å². The fourth-order valence-corrected chi connectivity index (χ4v) is 3.68. The van der Waals surface area contributed by atoms with Crippen molar-refractivity contribution in [3.63, 3.8) is 0 Å². The molecule has 0 amide bonds. The third kappa shape index (κ3) is 3.94. The zero-order chi connectivity index (χ0) is 22.9. The van der Waals surface area contributed by atoms with Crippen LogP contribution in [0.25, 0.3) is 17.1 Å². The Morgan fingerprint density at radius 1 is 1.12 bits per heavy atom. The van der Waals surface area contributed by atoms with Gasteiger partial charge >= 0.3 is 6.61 Å². The van der Waals surface area contributed by atoms with E-state index in [4.69, 9.17) is 4.74 Å². The van der Waals surface area contributed by atoms with Crippen molar-refractivity contribution < 1.29 is 18.3 Å². The van der Waals surface area contributed by atoms with Gasteiger partial charge in [0.05, 0.1) is 25.0 Å². The minimum atomic E-state index is -2.90. The average molecular weight is 448 g/mol. The Labute approximate surface area is 187 Å². The molecule has 0 N–H and O–H groups in total. The van der Waals surface area contributed by atoms with Crippen LogP contribution in [-0.2, 0) is 17.9 Å². The number of aryl methyl sites for hydroxylation is 1. The number of methoxy groups -OCH3 is 1. The molecule has 0 aliphatic carbocycles. The molecule has 0 saturated heterocycles. The van der Waals surface area contributed by atoms with Crippen LogP contribution in [-0.4, -0.2) is 43.0 Å². The van der Waals surface area contributed by atoms with Crippen molar-refractivity contribution in [1.82, 2.24) is 29.3 Å². The van der Waals surface area contributed by atoms with Gasteiger partial charge in [-0.05, 0) is 31.0 Å². The minimum Gasteiger partial charge on any atom is -0.481 e. The predicted octanol–water partition coefficient (Wildman–Crippen LogP) is 3.34. The second-order valence-corrected chi connectivity index (χ2v) is 7.37. The maximum atomic E-state index is 12.7. The number of hydrogen-bond donors (Lipinski definition) is 0. The molecule has 0 bridgehead atoms. The van der Waals surface area contributed by atoms with Gasteiger partial charge in [-0.25, -0.2) is 9.97 Å². The van der Waals surface area contributed by atoms with E-state index in [0.717, 1.165) is 22.5 Å². The lowest BCUT2D eigenvalue weighted by atomic mass is 10.1. The first-order valence-corrected chi connectivity index (χ1v) is 10.0. The summed E-state index contributed by atoms with van der Waals surface area (Å²) < 4.78 is 38.6. The van der Waals surface area contributed by atoms with Crippen LogP contribution in [0.15, 0.2) is 42.9 Å². The monoisotopic (exact) mass is 448 g/mol. The lowest BCUT2D eigenvalue weighted by Crippen LogP contribution is -2.11. The Bertz CT molecular complexity index is 1380. The topological polar surface area (TPSA) is 79.9 Å². The van der Waals surface area contributed by atoms with Gasteiger partial charge in [-0.3, -0.25) is 4.57 Å². The molecule has 0 fully saturated rings. The maximum Gasteiger partial charge on any atom is 0.345 e. The molecular weight excluding hydrogens is 430 g/mol. The second kappa shape index (κ2) is 8.44. The number of fused-ring (bicyclic) bond motifs is 5. The van der Waals surface area contributed by atoms with Gasteiger partial charge in [-0.2, -0.15) is 8.78 Å². The molecule has 8 nitrogen and oxygen atoms in total. The molecule has 33 heavy (non-hydrogen) atoms. The molecule has 5 rings (SSSR count). The smallest absolute Gasteiger partial charge is 0.345 e. The molecule has 10 heteroatoms. The summed E-state index contributed by atoms with van der Waals surface area (Å²) in [5.41, 5.74) is 4.75. The van der Waals surface area contributed by atoms with Crippen LogP contribution >= 0.6 is 0 Å². The Morgan fingerprint density at radius 2 is 2.00 bits per heavy atom. The predicted molar refractivity (Wildman–Crippen MR) is 114 cm³/mol. The number of alkyl halides is 2. The van der Waals surface area contributed by atoms with Crippen LogP contribution in [0.4, 0.5) is 8.78 Å². The van der Waals surface area contributed by atoms with Crippen molar-refractivity contribution in [1.29, 1.82) is 0 Å². The highest BCUT2D eigenvalue weighted by Crippen LogP contribution is 2.33. The quantitative estimate of drug-likeness (QED) is 0.393. The number of aromatic nitrogens is 6. The van der Waals surface area contributed by atoms with Crippen LogP contribution in [0, 0.1) is 18.8 Å². The Hall–Kier alpha value is -4.10. The Kier molecular flexibility index (Phi) is 5.32. The molecule has 0 unspecified atom stereocenters. The van der Waals surface area contributed by atoms with E-state index >= 15 is 0 Å². The molecule has 4 aromatic rings. The van der Waals surface area contributed by atoms with Crippen molar-refractivity contribution in [2.24, 2.45) is 0 Å². The van der Waals surface area contributed by atoms with E-state index in [1.165, 1.54) is 0 Å². The van der Waals surface area contributed by atoms with Crippen LogP contribution in [0.1, 0.15) is 28.3 Å². The number of nitrogens with zero attached hydrogens (tertiary/aromatic N) is 6. The molecule has 0 spiro atoms. The van der Waals surface area contributed by atoms with Gasteiger partial charge in [0, 0.05) is 23.4 Å². The first-order chi connectivity index (χ1) is 16.0. The lowest BCUT2D eigenvalue weighted by Gasteiger charge is -2.08. The van der Waals surface area contributed by atoms with E-state index in [0.29, 0.717) is 35.3 Å². The second-order valence-electron chi connectivity index (χ2n) is 7.37. The SMILES string of the molecule is COc1ccc(C#Cc2ncn3c2Cn2c(COC(F)F)nnc2-c2cc(C)ccc2-3)cn1. The minimum absolute atomic E-state index is 0.295. The molecular formula is C23H18F2N6O2. The summed E-state index contributed by atoms with van der Waals surface area (Å²) in [5.74, 6) is 7.54. The molecule has 0 radical (unpaired) electrons. The van der Waals surface area contributed by atoms with Gasteiger partial charge in [0.1, 0.15) is 18.6 Å². The molecule has 4 heterocycles. The van der Waals surface area contributed by atoms with Crippen molar-refractivity contribution in [3.8, 4) is 34.8 Å². The highest BCUT2D eigenvalue weighted by Gasteiger charge is 2.26. The summed E-state index contributed by atoms with van der Waals surface area (Å²) in [6, 6.07) is 9.49. The molecule has 0 atom stereocenters. The normalized spacial score (nSPS) is 11.8. The largest absolute Gasteiger partial charge is 0.481 e. The molecule has 1 aliphatic heterocycles. The summed E-state index contributed by atoms with van der Waals surface area (Å²) in [6.45, 7) is -0.994. The summed E-state index contributed by atoms with van der Waals surface area (Å²) in [7, 11) is 1.55. The Balaban J connectivity index is 1.60. The van der Waals surface area contributed by atoms with E-state index in [2.05, 4.69) is 36.7 Å². The zero-order valence-electron chi connectivity index (χ0n) is 17.8. The van der Waals surface area contributed by atoms with E-state index in [1.807, 2.05) is 35.8 Å². The van der Waals surface area contributed by atoms with Crippen molar-refractivity contribution in [2.75, 3.05) is 7.11 Å². The average Bonchev–Trinajstić information content (AvgIpc) is 3.37. The van der Waals surface area contributed by atoms with E-state index in [9.17, 15) is 8.78 Å². The van der Waals surface area contributed by atoms with Gasteiger partial charge < -0.3 is 14.0 Å². The summed E-state index contributed by atoms with van der Waals surface area (Å²) >= 11 is 0. The molecule has 166 valence electrons. The summed E-state index contributed by atoms with van der Waals surface area (Å²) in [5, 5.41) is 8.38. The first-order valence-electron chi connectivity index (χ1n) is 10.0. The van der Waals surface area contributed by atoms with Crippen LogP contribution in [0.5, 0.6) is 5.88 Å². The summed E-state index contributed by atoms with van der Waals surface area (Å²) in [6.07, 6.45) is 3.32. The molecule has 1 aliphatic rings. The highest BCUT2D eigenvalue weighted by atomic mass is 19.3. The van der Waals surface area contributed by atoms with E-state index in [-0.39, 0.29) is 6.61 Å². The molecule has 0 saturated carbocycles. The summed E-state index contributed by atoms with van der Waals surface area (Å²) in [4.78, 5) is 8.67. The number of benzene rings is 1.